The summed E-state index contributed by atoms with van der Waals surface area (Å²) in [5.74, 6) is 0. The molecule has 19 heavy (non-hydrogen) atoms. The van der Waals surface area contributed by atoms with Crippen LogP contribution in [0.3, 0.4) is 0 Å². The van der Waals surface area contributed by atoms with Crippen molar-refractivity contribution in [3.05, 3.63) is 53.1 Å². The zero-order chi connectivity index (χ0) is 13.8. The topological polar surface area (TPSA) is 85.6 Å². The van der Waals surface area contributed by atoms with Gasteiger partial charge in [-0.3, -0.25) is 0 Å². The van der Waals surface area contributed by atoms with Crippen LogP contribution in [0.15, 0.2) is 36.4 Å². The van der Waals surface area contributed by atoms with Crippen LogP contribution in [0, 0.1) is 29.6 Å². The minimum atomic E-state index is 0.474. The molecule has 0 fully saturated rings. The van der Waals surface area contributed by atoms with E-state index in [0.29, 0.717) is 22.5 Å². The molecule has 0 aliphatic carbocycles. The number of nitrogens with zero attached hydrogens (tertiary/aromatic N) is 2. The number of nitrogens with one attached hydrogen (secondary N) is 1. The van der Waals surface area contributed by atoms with Crippen molar-refractivity contribution in [3.63, 3.8) is 0 Å². The largest absolute Gasteiger partial charge is 0.399 e. The second-order valence-electron chi connectivity index (χ2n) is 4.18. The standard InChI is InChI=1S/C15H12N4/c1-10-2-3-11(8-16)6-15(10)19-14-5-4-13(18)7-12(14)9-17/h2-7,19H,18H2,1H3. The van der Waals surface area contributed by atoms with E-state index < -0.39 is 0 Å². The Morgan fingerprint density at radius 2 is 1.79 bits per heavy atom. The Bertz CT molecular complexity index is 705. The molecule has 0 aliphatic heterocycles. The molecule has 2 aromatic rings. The van der Waals surface area contributed by atoms with Crippen LogP contribution in [-0.4, -0.2) is 0 Å². The summed E-state index contributed by atoms with van der Waals surface area (Å²) in [4.78, 5) is 0. The Kier molecular flexibility index (Phi) is 3.36. The highest BCUT2D eigenvalue weighted by Crippen LogP contribution is 2.25. The second-order valence-corrected chi connectivity index (χ2v) is 4.18. The van der Waals surface area contributed by atoms with Crippen LogP contribution in [0.4, 0.5) is 17.1 Å². The molecule has 2 aromatic carbocycles. The lowest BCUT2D eigenvalue weighted by molar-refractivity contribution is 1.39. The van der Waals surface area contributed by atoms with Crippen LogP contribution in [0.2, 0.25) is 0 Å². The number of aryl methyl sites for hydroxylation is 1. The molecule has 92 valence electrons. The summed E-state index contributed by atoms with van der Waals surface area (Å²) < 4.78 is 0. The van der Waals surface area contributed by atoms with Crippen LogP contribution in [0.1, 0.15) is 16.7 Å². The van der Waals surface area contributed by atoms with Crippen molar-refractivity contribution in [2.24, 2.45) is 0 Å². The molecule has 4 nitrogen and oxygen atoms in total. The van der Waals surface area contributed by atoms with Crippen molar-refractivity contribution in [2.75, 3.05) is 11.1 Å². The number of nitriles is 2. The van der Waals surface area contributed by atoms with Gasteiger partial charge in [0, 0.05) is 11.4 Å². The predicted octanol–water partition coefficient (Wildman–Crippen LogP) is 3.06. The van der Waals surface area contributed by atoms with E-state index in [4.69, 9.17) is 16.3 Å². The summed E-state index contributed by atoms with van der Waals surface area (Å²) in [7, 11) is 0. The summed E-state index contributed by atoms with van der Waals surface area (Å²) in [5, 5.41) is 21.2. The summed E-state index contributed by atoms with van der Waals surface area (Å²) in [6.45, 7) is 1.94. The molecule has 0 bridgehead atoms. The van der Waals surface area contributed by atoms with Gasteiger partial charge in [0.05, 0.1) is 22.9 Å². The summed E-state index contributed by atoms with van der Waals surface area (Å²) >= 11 is 0. The van der Waals surface area contributed by atoms with Gasteiger partial charge in [0.1, 0.15) is 6.07 Å². The molecule has 0 saturated carbocycles. The number of hydrogen-bond acceptors (Lipinski definition) is 4. The minimum absolute atomic E-state index is 0.474. The zero-order valence-corrected chi connectivity index (χ0v) is 10.4. The number of hydrogen-bond donors (Lipinski definition) is 2. The lowest BCUT2D eigenvalue weighted by Crippen LogP contribution is -1.97. The zero-order valence-electron chi connectivity index (χ0n) is 10.4. The molecule has 2 rings (SSSR count). The molecule has 0 radical (unpaired) electrons. The lowest BCUT2D eigenvalue weighted by Gasteiger charge is -2.11. The van der Waals surface area contributed by atoms with Crippen LogP contribution < -0.4 is 11.1 Å². The van der Waals surface area contributed by atoms with Crippen molar-refractivity contribution in [1.29, 1.82) is 10.5 Å². The van der Waals surface area contributed by atoms with Crippen molar-refractivity contribution in [2.45, 2.75) is 6.92 Å². The van der Waals surface area contributed by atoms with E-state index >= 15 is 0 Å². The van der Waals surface area contributed by atoms with Gasteiger partial charge in [0.2, 0.25) is 0 Å². The monoisotopic (exact) mass is 248 g/mol. The number of nitrogens with two attached hydrogens (primary N) is 1. The third-order valence-electron chi connectivity index (χ3n) is 2.80. The first-order valence-electron chi connectivity index (χ1n) is 5.71. The maximum absolute atomic E-state index is 9.09. The van der Waals surface area contributed by atoms with E-state index in [9.17, 15) is 0 Å². The highest BCUT2D eigenvalue weighted by molar-refractivity contribution is 5.71. The first kappa shape index (κ1) is 12.5. The van der Waals surface area contributed by atoms with Crippen molar-refractivity contribution in [1.82, 2.24) is 0 Å². The SMILES string of the molecule is Cc1ccc(C#N)cc1Nc1ccc(N)cc1C#N. The Hall–Kier alpha value is -2.98. The molecule has 0 unspecified atom stereocenters. The van der Waals surface area contributed by atoms with Crippen molar-refractivity contribution < 1.29 is 0 Å². The molecule has 0 heterocycles. The highest BCUT2D eigenvalue weighted by Gasteiger charge is 2.05. The maximum atomic E-state index is 9.09. The second kappa shape index (κ2) is 5.12. The summed E-state index contributed by atoms with van der Waals surface area (Å²) in [6.07, 6.45) is 0. The molecule has 0 amide bonds. The molecule has 0 saturated heterocycles. The normalized spacial score (nSPS) is 9.42. The third kappa shape index (κ3) is 2.65. The Balaban J connectivity index is 2.42. The smallest absolute Gasteiger partial charge is 0.101 e. The van der Waals surface area contributed by atoms with Gasteiger partial charge in [-0.05, 0) is 42.8 Å². The average Bonchev–Trinajstić information content (AvgIpc) is 2.43. The van der Waals surface area contributed by atoms with E-state index in [1.165, 1.54) is 0 Å². The van der Waals surface area contributed by atoms with E-state index in [1.807, 2.05) is 13.0 Å². The third-order valence-corrected chi connectivity index (χ3v) is 2.80. The van der Waals surface area contributed by atoms with E-state index in [2.05, 4.69) is 17.5 Å². The summed E-state index contributed by atoms with van der Waals surface area (Å²) in [5.41, 5.74) is 9.72. The first-order valence-corrected chi connectivity index (χ1v) is 5.71. The van der Waals surface area contributed by atoms with Crippen LogP contribution >= 0.6 is 0 Å². The van der Waals surface area contributed by atoms with Gasteiger partial charge in [-0.1, -0.05) is 6.07 Å². The van der Waals surface area contributed by atoms with Crippen LogP contribution in [0.25, 0.3) is 0 Å². The summed E-state index contributed by atoms with van der Waals surface area (Å²) in [6, 6.07) is 14.7. The van der Waals surface area contributed by atoms with Crippen LogP contribution in [-0.2, 0) is 0 Å². The fourth-order valence-electron chi connectivity index (χ4n) is 1.73. The Labute approximate surface area is 111 Å². The molecule has 4 heteroatoms. The first-order chi connectivity index (χ1) is 9.13. The quantitative estimate of drug-likeness (QED) is 0.800. The van der Waals surface area contributed by atoms with E-state index in [1.54, 1.807) is 30.3 Å². The minimum Gasteiger partial charge on any atom is -0.399 e. The van der Waals surface area contributed by atoms with Gasteiger partial charge >= 0.3 is 0 Å². The fraction of sp³-hybridized carbons (Fsp3) is 0.0667. The van der Waals surface area contributed by atoms with E-state index in [0.717, 1.165) is 11.3 Å². The van der Waals surface area contributed by atoms with Gasteiger partial charge in [-0.25, -0.2) is 0 Å². The Morgan fingerprint density at radius 3 is 2.47 bits per heavy atom. The number of nitrogen functional groups attached to an aromatic ring is 1. The van der Waals surface area contributed by atoms with Crippen molar-refractivity contribution >= 4 is 17.1 Å². The molecule has 0 spiro atoms. The number of benzene rings is 2. The molecule has 0 atom stereocenters. The molecular formula is C15H12N4. The van der Waals surface area contributed by atoms with Gasteiger partial charge < -0.3 is 11.1 Å². The average molecular weight is 248 g/mol. The van der Waals surface area contributed by atoms with Crippen LogP contribution in [0.5, 0.6) is 0 Å². The van der Waals surface area contributed by atoms with Gasteiger partial charge in [-0.2, -0.15) is 10.5 Å². The molecular weight excluding hydrogens is 236 g/mol. The van der Waals surface area contributed by atoms with Gasteiger partial charge in [0.25, 0.3) is 0 Å². The highest BCUT2D eigenvalue weighted by atomic mass is 14.9. The number of anilines is 3. The Morgan fingerprint density at radius 1 is 1.00 bits per heavy atom. The molecule has 0 aliphatic rings. The van der Waals surface area contributed by atoms with Crippen molar-refractivity contribution in [3.8, 4) is 12.1 Å². The molecule has 0 aromatic heterocycles. The predicted molar refractivity (Wildman–Crippen MR) is 74.7 cm³/mol. The fourth-order valence-corrected chi connectivity index (χ4v) is 1.73. The number of rotatable bonds is 2. The van der Waals surface area contributed by atoms with Gasteiger partial charge in [-0.15, -0.1) is 0 Å². The molecule has 3 N–H and O–H groups in total. The maximum Gasteiger partial charge on any atom is 0.101 e. The lowest BCUT2D eigenvalue weighted by atomic mass is 10.1. The van der Waals surface area contributed by atoms with Gasteiger partial charge in [0.15, 0.2) is 0 Å². The van der Waals surface area contributed by atoms with E-state index in [-0.39, 0.29) is 0 Å².